The molecule has 0 aliphatic heterocycles. The van der Waals surface area contributed by atoms with Crippen molar-refractivity contribution in [1.29, 1.82) is 0 Å². The van der Waals surface area contributed by atoms with E-state index >= 15 is 0 Å². The predicted molar refractivity (Wildman–Crippen MR) is 45.5 cm³/mol. The van der Waals surface area contributed by atoms with Crippen LogP contribution in [0.25, 0.3) is 0 Å². The molecule has 0 radical (unpaired) electrons. The van der Waals surface area contributed by atoms with Crippen LogP contribution in [-0.4, -0.2) is 12.0 Å². The molecule has 0 amide bonds. The van der Waals surface area contributed by atoms with E-state index in [2.05, 4.69) is 0 Å². The van der Waals surface area contributed by atoms with Gasteiger partial charge in [0.15, 0.2) is 0 Å². The number of hydrogen-bond acceptors (Lipinski definition) is 1. The van der Waals surface area contributed by atoms with Crippen molar-refractivity contribution < 1.29 is 9.13 Å². The Kier molecular flexibility index (Phi) is 2.01. The summed E-state index contributed by atoms with van der Waals surface area (Å²) in [7, 11) is 0. The van der Waals surface area contributed by atoms with Crippen LogP contribution in [0.15, 0.2) is 24.3 Å². The zero-order valence-electron chi connectivity index (χ0n) is 7.00. The molecular weight excluding hydrogens is 155 g/mol. The van der Waals surface area contributed by atoms with Crippen molar-refractivity contribution in [3.8, 4) is 0 Å². The molecule has 0 aromatic carbocycles. The van der Waals surface area contributed by atoms with Crippen LogP contribution >= 0.6 is 0 Å². The van der Waals surface area contributed by atoms with E-state index in [1.807, 2.05) is 6.08 Å². The van der Waals surface area contributed by atoms with Gasteiger partial charge in [-0.2, -0.15) is 0 Å². The second-order valence-electron chi connectivity index (χ2n) is 3.45. The molecule has 66 valence electrons. The molecule has 0 heterocycles. The van der Waals surface area contributed by atoms with Gasteiger partial charge in [-0.15, -0.1) is 0 Å². The average molecular weight is 168 g/mol. The Morgan fingerprint density at radius 1 is 1.33 bits per heavy atom. The lowest BCUT2D eigenvalue weighted by Crippen LogP contribution is -2.34. The fraction of sp³-hybridized carbons (Fsp3) is 0.600. The van der Waals surface area contributed by atoms with Crippen LogP contribution in [-0.2, 0) is 4.74 Å². The molecule has 1 nitrogen and oxygen atoms in total. The molecule has 2 rings (SSSR count). The Hall–Kier alpha value is -0.630. The van der Waals surface area contributed by atoms with E-state index in [-0.39, 0.29) is 6.10 Å². The summed E-state index contributed by atoms with van der Waals surface area (Å²) < 4.78 is 19.0. The molecule has 12 heavy (non-hydrogen) atoms. The summed E-state index contributed by atoms with van der Waals surface area (Å²) >= 11 is 0. The van der Waals surface area contributed by atoms with Gasteiger partial charge in [0.1, 0.15) is 0 Å². The quantitative estimate of drug-likeness (QED) is 0.616. The van der Waals surface area contributed by atoms with Crippen molar-refractivity contribution in [2.75, 3.05) is 0 Å². The molecule has 0 spiro atoms. The maximum absolute atomic E-state index is 13.7. The molecule has 1 fully saturated rings. The first-order valence-electron chi connectivity index (χ1n) is 4.50. The van der Waals surface area contributed by atoms with Crippen molar-refractivity contribution >= 4 is 0 Å². The summed E-state index contributed by atoms with van der Waals surface area (Å²) in [4.78, 5) is 0. The number of allylic oxidation sites excluding steroid dienone is 2. The first-order chi connectivity index (χ1) is 5.79. The third kappa shape index (κ3) is 1.58. The fourth-order valence-electron chi connectivity index (χ4n) is 1.43. The summed E-state index contributed by atoms with van der Waals surface area (Å²) in [5.74, 6) is -1.51. The second-order valence-corrected chi connectivity index (χ2v) is 3.45. The highest BCUT2D eigenvalue weighted by Crippen LogP contribution is 2.32. The molecule has 1 atom stereocenters. The summed E-state index contributed by atoms with van der Waals surface area (Å²) in [6.07, 6.45) is 10.6. The van der Waals surface area contributed by atoms with Crippen molar-refractivity contribution in [1.82, 2.24) is 0 Å². The van der Waals surface area contributed by atoms with Gasteiger partial charge in [-0.05, 0) is 25.3 Å². The third-order valence-electron chi connectivity index (χ3n) is 2.40. The van der Waals surface area contributed by atoms with E-state index in [0.29, 0.717) is 6.42 Å². The summed E-state index contributed by atoms with van der Waals surface area (Å²) in [6, 6.07) is 0. The molecule has 1 unspecified atom stereocenters. The third-order valence-corrected chi connectivity index (χ3v) is 2.40. The van der Waals surface area contributed by atoms with E-state index < -0.39 is 5.85 Å². The van der Waals surface area contributed by atoms with Crippen LogP contribution in [0.5, 0.6) is 0 Å². The van der Waals surface area contributed by atoms with Crippen LogP contribution < -0.4 is 0 Å². The van der Waals surface area contributed by atoms with Crippen molar-refractivity contribution in [3.63, 3.8) is 0 Å². The van der Waals surface area contributed by atoms with Crippen molar-refractivity contribution in [3.05, 3.63) is 24.3 Å². The van der Waals surface area contributed by atoms with Crippen LogP contribution in [0.2, 0.25) is 0 Å². The minimum absolute atomic E-state index is 0.158. The Bertz CT molecular complexity index is 218. The zero-order valence-corrected chi connectivity index (χ0v) is 7.00. The minimum Gasteiger partial charge on any atom is -0.339 e. The van der Waals surface area contributed by atoms with E-state index in [1.54, 1.807) is 12.2 Å². The largest absolute Gasteiger partial charge is 0.339 e. The normalized spacial score (nSPS) is 35.1. The highest BCUT2D eigenvalue weighted by molar-refractivity contribution is 5.15. The Balaban J connectivity index is 1.91. The number of hydrogen-bond donors (Lipinski definition) is 0. The van der Waals surface area contributed by atoms with Gasteiger partial charge in [-0.3, -0.25) is 0 Å². The van der Waals surface area contributed by atoms with Crippen molar-refractivity contribution in [2.45, 2.75) is 37.6 Å². The average Bonchev–Trinajstić information content (AvgIpc) is 1.99. The summed E-state index contributed by atoms with van der Waals surface area (Å²) in [5, 5.41) is 0. The lowest BCUT2D eigenvalue weighted by Gasteiger charge is -2.33. The lowest BCUT2D eigenvalue weighted by atomic mass is 9.95. The van der Waals surface area contributed by atoms with Gasteiger partial charge < -0.3 is 4.74 Å². The molecule has 0 saturated heterocycles. The van der Waals surface area contributed by atoms with Crippen LogP contribution in [0.4, 0.5) is 4.39 Å². The van der Waals surface area contributed by atoms with Gasteiger partial charge in [0.2, 0.25) is 5.85 Å². The van der Waals surface area contributed by atoms with E-state index in [4.69, 9.17) is 4.74 Å². The predicted octanol–water partition coefficient (Wildman–Crippen LogP) is 2.74. The molecule has 2 heteroatoms. The highest BCUT2D eigenvalue weighted by Gasteiger charge is 2.33. The van der Waals surface area contributed by atoms with Gasteiger partial charge in [0.05, 0.1) is 6.10 Å². The molecule has 0 aromatic rings. The van der Waals surface area contributed by atoms with Crippen LogP contribution in [0.3, 0.4) is 0 Å². The molecule has 0 N–H and O–H groups in total. The maximum atomic E-state index is 13.7. The topological polar surface area (TPSA) is 9.23 Å². The second kappa shape index (κ2) is 3.02. The lowest BCUT2D eigenvalue weighted by molar-refractivity contribution is -0.164. The molecule has 1 saturated carbocycles. The standard InChI is InChI=1S/C10H13FO/c11-10(7-2-1-3-8-10)12-9-5-4-6-9/h1-3,7,9H,4-6,8H2. The first kappa shape index (κ1) is 7.99. The molecule has 0 bridgehead atoms. The molecule has 2 aliphatic rings. The Morgan fingerprint density at radius 2 is 2.17 bits per heavy atom. The summed E-state index contributed by atoms with van der Waals surface area (Å²) in [5.41, 5.74) is 0. The maximum Gasteiger partial charge on any atom is 0.232 e. The van der Waals surface area contributed by atoms with Crippen molar-refractivity contribution in [2.24, 2.45) is 0 Å². The molecule has 0 aromatic heterocycles. The van der Waals surface area contributed by atoms with Crippen LogP contribution in [0.1, 0.15) is 25.7 Å². The van der Waals surface area contributed by atoms with E-state index in [1.165, 1.54) is 12.5 Å². The minimum atomic E-state index is -1.51. The zero-order chi connectivity index (χ0) is 8.44. The van der Waals surface area contributed by atoms with Crippen LogP contribution in [0, 0.1) is 0 Å². The molecular formula is C10H13FO. The van der Waals surface area contributed by atoms with E-state index in [0.717, 1.165) is 12.8 Å². The first-order valence-corrected chi connectivity index (χ1v) is 4.50. The Labute approximate surface area is 71.9 Å². The fourth-order valence-corrected chi connectivity index (χ4v) is 1.43. The number of alkyl halides is 1. The van der Waals surface area contributed by atoms with Gasteiger partial charge >= 0.3 is 0 Å². The number of rotatable bonds is 2. The van der Waals surface area contributed by atoms with Gasteiger partial charge in [-0.1, -0.05) is 18.2 Å². The van der Waals surface area contributed by atoms with E-state index in [9.17, 15) is 4.39 Å². The van der Waals surface area contributed by atoms with Gasteiger partial charge in [0.25, 0.3) is 0 Å². The SMILES string of the molecule is FC1(OC2CCC2)C=CC=CC1. The number of halogens is 1. The Morgan fingerprint density at radius 3 is 2.67 bits per heavy atom. The molecule has 2 aliphatic carbocycles. The monoisotopic (exact) mass is 168 g/mol. The highest BCUT2D eigenvalue weighted by atomic mass is 19.2. The van der Waals surface area contributed by atoms with Gasteiger partial charge in [0, 0.05) is 6.42 Å². The number of ether oxygens (including phenoxy) is 1. The van der Waals surface area contributed by atoms with Gasteiger partial charge in [-0.25, -0.2) is 4.39 Å². The smallest absolute Gasteiger partial charge is 0.232 e. The summed E-state index contributed by atoms with van der Waals surface area (Å²) in [6.45, 7) is 0.